The van der Waals surface area contributed by atoms with E-state index in [9.17, 15) is 9.59 Å². The predicted molar refractivity (Wildman–Crippen MR) is 157 cm³/mol. The number of hydrogen-bond acceptors (Lipinski definition) is 6. The summed E-state index contributed by atoms with van der Waals surface area (Å²) >= 11 is 5.74. The molecular formula is C31H30N4O4S. The van der Waals surface area contributed by atoms with Gasteiger partial charge in [0.25, 0.3) is 0 Å². The lowest BCUT2D eigenvalue weighted by molar-refractivity contribution is -0.116. The summed E-state index contributed by atoms with van der Waals surface area (Å²) in [6, 6.07) is 23.7. The number of rotatable bonds is 9. The van der Waals surface area contributed by atoms with Crippen LogP contribution >= 0.6 is 12.2 Å². The summed E-state index contributed by atoms with van der Waals surface area (Å²) in [5.41, 5.74) is 3.74. The highest BCUT2D eigenvalue weighted by Gasteiger charge is 2.41. The third-order valence-corrected chi connectivity index (χ3v) is 7.32. The highest BCUT2D eigenvalue weighted by molar-refractivity contribution is 7.80. The molecule has 1 aliphatic heterocycles. The molecule has 0 unspecified atom stereocenters. The largest absolute Gasteiger partial charge is 0.465 e. The number of amides is 1. The van der Waals surface area contributed by atoms with Gasteiger partial charge in [-0.25, -0.2) is 4.79 Å². The number of para-hydroxylation sites is 1. The number of carbonyl (C=O) groups excluding carboxylic acids is 2. The van der Waals surface area contributed by atoms with Crippen LogP contribution < -0.4 is 10.6 Å². The van der Waals surface area contributed by atoms with Crippen molar-refractivity contribution in [3.05, 3.63) is 108 Å². The molecule has 0 bridgehead atoms. The molecule has 1 fully saturated rings. The molecule has 3 heterocycles. The lowest BCUT2D eigenvalue weighted by atomic mass is 10.0. The number of ether oxygens (including phenoxy) is 1. The number of esters is 1. The second kappa shape index (κ2) is 12.1. The van der Waals surface area contributed by atoms with E-state index >= 15 is 0 Å². The van der Waals surface area contributed by atoms with Gasteiger partial charge >= 0.3 is 5.97 Å². The Balaban J connectivity index is 1.43. The van der Waals surface area contributed by atoms with E-state index in [4.69, 9.17) is 21.4 Å². The summed E-state index contributed by atoms with van der Waals surface area (Å²) in [7, 11) is 1.35. The van der Waals surface area contributed by atoms with E-state index in [2.05, 4.69) is 22.5 Å². The maximum atomic E-state index is 13.0. The normalized spacial score (nSPS) is 16.4. The minimum absolute atomic E-state index is 0.101. The third-order valence-electron chi connectivity index (χ3n) is 6.97. The van der Waals surface area contributed by atoms with Gasteiger partial charge in [0.2, 0.25) is 5.91 Å². The first-order valence-corrected chi connectivity index (χ1v) is 13.5. The van der Waals surface area contributed by atoms with Gasteiger partial charge in [-0.15, -0.1) is 0 Å². The van der Waals surface area contributed by atoms with Crippen molar-refractivity contribution in [1.29, 1.82) is 0 Å². The Labute approximate surface area is 238 Å². The molecule has 2 atom stereocenters. The first kappa shape index (κ1) is 27.1. The summed E-state index contributed by atoms with van der Waals surface area (Å²) in [4.78, 5) is 31.9. The van der Waals surface area contributed by atoms with Crippen LogP contribution in [0, 0.1) is 0 Å². The summed E-state index contributed by atoms with van der Waals surface area (Å²) in [6.45, 7) is 2.43. The predicted octanol–water partition coefficient (Wildman–Crippen LogP) is 5.69. The monoisotopic (exact) mass is 554 g/mol. The number of thiocarbonyl (C=S) groups is 1. The number of hydrogen-bond donors (Lipinski definition) is 2. The first-order chi connectivity index (χ1) is 19.5. The lowest BCUT2D eigenvalue weighted by Crippen LogP contribution is -2.32. The van der Waals surface area contributed by atoms with Crippen molar-refractivity contribution in [3.8, 4) is 11.3 Å². The van der Waals surface area contributed by atoms with Crippen LogP contribution in [0.3, 0.4) is 0 Å². The van der Waals surface area contributed by atoms with Crippen molar-refractivity contribution in [2.24, 2.45) is 0 Å². The molecule has 8 nitrogen and oxygen atoms in total. The van der Waals surface area contributed by atoms with Crippen LogP contribution in [0.4, 0.5) is 5.69 Å². The highest BCUT2D eigenvalue weighted by atomic mass is 32.1. The van der Waals surface area contributed by atoms with E-state index < -0.39 is 5.97 Å². The zero-order chi connectivity index (χ0) is 28.1. The fraction of sp³-hybridized carbons (Fsp3) is 0.226. The summed E-state index contributed by atoms with van der Waals surface area (Å²) in [5.74, 6) is 0.619. The van der Waals surface area contributed by atoms with Crippen LogP contribution in [0.1, 0.15) is 52.8 Å². The van der Waals surface area contributed by atoms with Crippen LogP contribution in [0.15, 0.2) is 89.5 Å². The summed E-state index contributed by atoms with van der Waals surface area (Å²) < 4.78 is 11.3. The van der Waals surface area contributed by atoms with Crippen LogP contribution in [-0.2, 0) is 16.0 Å². The fourth-order valence-corrected chi connectivity index (χ4v) is 5.31. The van der Waals surface area contributed by atoms with E-state index in [1.807, 2.05) is 71.6 Å². The van der Waals surface area contributed by atoms with Gasteiger partial charge in [-0.1, -0.05) is 49.4 Å². The van der Waals surface area contributed by atoms with Gasteiger partial charge in [0, 0.05) is 30.4 Å². The number of carbonyl (C=O) groups is 2. The molecule has 0 aliphatic carbocycles. The van der Waals surface area contributed by atoms with E-state index in [1.165, 1.54) is 7.11 Å². The van der Waals surface area contributed by atoms with Crippen molar-refractivity contribution in [3.63, 3.8) is 0 Å². The molecule has 2 aromatic carbocycles. The Kier molecular flexibility index (Phi) is 8.21. The summed E-state index contributed by atoms with van der Waals surface area (Å²) in [5, 5.41) is 6.92. The zero-order valence-electron chi connectivity index (χ0n) is 22.3. The second-order valence-electron chi connectivity index (χ2n) is 9.37. The Hall–Kier alpha value is -4.50. The molecule has 2 N–H and O–H groups in total. The van der Waals surface area contributed by atoms with Gasteiger partial charge in [-0.2, -0.15) is 0 Å². The Morgan fingerprint density at radius 2 is 1.82 bits per heavy atom. The van der Waals surface area contributed by atoms with Gasteiger partial charge in [-0.05, 0) is 60.6 Å². The number of pyridine rings is 1. The molecule has 204 valence electrons. The second-order valence-corrected chi connectivity index (χ2v) is 9.75. The number of nitrogens with one attached hydrogen (secondary N) is 2. The molecule has 1 amide bonds. The number of aryl methyl sites for hydroxylation is 1. The molecule has 0 spiro atoms. The van der Waals surface area contributed by atoms with Crippen LogP contribution in [0.5, 0.6) is 0 Å². The van der Waals surface area contributed by atoms with Crippen LogP contribution in [0.2, 0.25) is 0 Å². The lowest BCUT2D eigenvalue weighted by Gasteiger charge is -2.26. The number of anilines is 1. The smallest absolute Gasteiger partial charge is 0.338 e. The molecular weight excluding hydrogens is 524 g/mol. The van der Waals surface area contributed by atoms with Crippen LogP contribution in [0.25, 0.3) is 11.3 Å². The van der Waals surface area contributed by atoms with Gasteiger partial charge in [0.05, 0.1) is 24.4 Å². The zero-order valence-corrected chi connectivity index (χ0v) is 23.1. The topological polar surface area (TPSA) is 96.7 Å². The van der Waals surface area contributed by atoms with Crippen molar-refractivity contribution in [2.45, 2.75) is 31.8 Å². The van der Waals surface area contributed by atoms with Gasteiger partial charge in [0.1, 0.15) is 17.6 Å². The number of methoxy groups -OCH3 is 1. The maximum Gasteiger partial charge on any atom is 0.338 e. The number of furan rings is 1. The minimum atomic E-state index is -0.444. The van der Waals surface area contributed by atoms with Gasteiger partial charge < -0.3 is 24.7 Å². The SMILES string of the molecule is CCc1ccccc1NC(=O)CCN1C(=S)N[C@@H](c2ccccn2)[C@H]1c1ccc(-c2ccccc2C(=O)OC)o1. The molecule has 0 radical (unpaired) electrons. The van der Waals surface area contributed by atoms with Crippen LogP contribution in [-0.4, -0.2) is 40.5 Å². The van der Waals surface area contributed by atoms with Crippen molar-refractivity contribution in [2.75, 3.05) is 19.0 Å². The van der Waals surface area contributed by atoms with Crippen molar-refractivity contribution < 1.29 is 18.7 Å². The van der Waals surface area contributed by atoms with Crippen molar-refractivity contribution in [1.82, 2.24) is 15.2 Å². The molecule has 0 saturated carbocycles. The molecule has 5 rings (SSSR count). The fourth-order valence-electron chi connectivity index (χ4n) is 4.98. The van der Waals surface area contributed by atoms with E-state index in [0.717, 1.165) is 23.4 Å². The van der Waals surface area contributed by atoms with Crippen molar-refractivity contribution >= 4 is 34.9 Å². The standard InChI is InChI=1S/C31H30N4O4S/c1-3-20-10-4-7-13-23(20)33-27(36)17-19-35-29(28(34-31(35)40)24-14-8-9-18-32-24)26-16-15-25(39-26)21-11-5-6-12-22(21)30(37)38-2/h4-16,18,28-29H,3,17,19H2,1-2H3,(H,33,36)(H,34,40)/t28-,29+/m0/s1. The highest BCUT2D eigenvalue weighted by Crippen LogP contribution is 2.41. The third kappa shape index (κ3) is 5.60. The molecule has 40 heavy (non-hydrogen) atoms. The van der Waals surface area contributed by atoms with E-state index in [1.54, 1.807) is 18.3 Å². The summed E-state index contributed by atoms with van der Waals surface area (Å²) in [6.07, 6.45) is 2.78. The van der Waals surface area contributed by atoms with E-state index in [-0.39, 0.29) is 24.4 Å². The Bertz CT molecular complexity index is 1520. The average Bonchev–Trinajstić information content (AvgIpc) is 3.60. The molecule has 4 aromatic rings. The molecule has 9 heteroatoms. The average molecular weight is 555 g/mol. The number of nitrogens with zero attached hydrogens (tertiary/aromatic N) is 2. The number of benzene rings is 2. The van der Waals surface area contributed by atoms with Gasteiger partial charge in [0.15, 0.2) is 5.11 Å². The quantitative estimate of drug-likeness (QED) is 0.201. The first-order valence-electron chi connectivity index (χ1n) is 13.1. The Morgan fingerprint density at radius 1 is 1.05 bits per heavy atom. The van der Waals surface area contributed by atoms with E-state index in [0.29, 0.717) is 34.3 Å². The maximum absolute atomic E-state index is 13.0. The molecule has 1 saturated heterocycles. The number of aromatic nitrogens is 1. The Morgan fingerprint density at radius 3 is 2.60 bits per heavy atom. The minimum Gasteiger partial charge on any atom is -0.465 e. The molecule has 1 aliphatic rings. The van der Waals surface area contributed by atoms with Gasteiger partial charge in [-0.3, -0.25) is 9.78 Å². The molecule has 2 aromatic heterocycles.